The highest BCUT2D eigenvalue weighted by Crippen LogP contribution is 2.39. The molecule has 1 aliphatic heterocycles. The van der Waals surface area contributed by atoms with Gasteiger partial charge in [0.05, 0.1) is 24.4 Å². The molecule has 0 N–H and O–H groups in total. The van der Waals surface area contributed by atoms with E-state index in [4.69, 9.17) is 9.72 Å². The Kier molecular flexibility index (Phi) is 4.43. The van der Waals surface area contributed by atoms with E-state index in [2.05, 4.69) is 19.7 Å². The van der Waals surface area contributed by atoms with Crippen LogP contribution in [0.3, 0.4) is 0 Å². The molecule has 9 nitrogen and oxygen atoms in total. The van der Waals surface area contributed by atoms with Crippen LogP contribution in [0.25, 0.3) is 21.6 Å². The van der Waals surface area contributed by atoms with Gasteiger partial charge in [0.15, 0.2) is 10.8 Å². The lowest BCUT2D eigenvalue weighted by atomic mass is 9.97. The van der Waals surface area contributed by atoms with Crippen molar-refractivity contribution in [1.29, 1.82) is 0 Å². The van der Waals surface area contributed by atoms with Crippen LogP contribution in [0.1, 0.15) is 29.1 Å². The Morgan fingerprint density at radius 1 is 1.20 bits per heavy atom. The molecule has 0 atom stereocenters. The maximum absolute atomic E-state index is 12.6. The highest BCUT2D eigenvalue weighted by Gasteiger charge is 2.26. The minimum absolute atomic E-state index is 0.111. The Morgan fingerprint density at radius 2 is 2.03 bits per heavy atom. The molecule has 1 aliphatic carbocycles. The number of carbonyl (C=O) groups is 1. The van der Waals surface area contributed by atoms with Crippen molar-refractivity contribution in [3.63, 3.8) is 0 Å². The van der Waals surface area contributed by atoms with E-state index in [1.165, 1.54) is 40.4 Å². The number of thioether (sulfide) groups is 1. The molecule has 0 radical (unpaired) electrons. The number of ether oxygens (including phenoxy) is 1. The Labute approximate surface area is 180 Å². The average Bonchev–Trinajstić information content (AvgIpc) is 3.46. The van der Waals surface area contributed by atoms with E-state index < -0.39 is 0 Å². The highest BCUT2D eigenvalue weighted by atomic mass is 32.2. The standard InChI is InChI=1S/C19H21N7O2S2/c1-11-20-16-15-12-4-2-3-5-13(12)30-17(15)25-18(26(16)23-11)21-22-19(25)29-10-14(27)24-6-8-28-9-7-24/h2-10H2,1H3. The summed E-state index contributed by atoms with van der Waals surface area (Å²) in [7, 11) is 0. The van der Waals surface area contributed by atoms with Crippen LogP contribution in [0.15, 0.2) is 5.16 Å². The SMILES string of the molecule is Cc1nc2c3c4c(sc3n3c(SCC(=O)N5CCOCC5)nnc3n2n1)CCCC4. The summed E-state index contributed by atoms with van der Waals surface area (Å²) in [4.78, 5) is 21.8. The monoisotopic (exact) mass is 443 g/mol. The van der Waals surface area contributed by atoms with Crippen LogP contribution in [-0.4, -0.2) is 72.1 Å². The van der Waals surface area contributed by atoms with Crippen molar-refractivity contribution < 1.29 is 9.53 Å². The van der Waals surface area contributed by atoms with Gasteiger partial charge >= 0.3 is 0 Å². The van der Waals surface area contributed by atoms with Crippen LogP contribution in [0.5, 0.6) is 0 Å². The molecule has 11 heteroatoms. The lowest BCUT2D eigenvalue weighted by Crippen LogP contribution is -2.41. The molecule has 30 heavy (non-hydrogen) atoms. The molecular weight excluding hydrogens is 422 g/mol. The van der Waals surface area contributed by atoms with Crippen molar-refractivity contribution >= 4 is 50.6 Å². The molecule has 1 fully saturated rings. The predicted molar refractivity (Wildman–Crippen MR) is 114 cm³/mol. The molecule has 0 aromatic carbocycles. The van der Waals surface area contributed by atoms with Crippen LogP contribution in [0.4, 0.5) is 0 Å². The van der Waals surface area contributed by atoms with Crippen LogP contribution < -0.4 is 0 Å². The first-order valence-electron chi connectivity index (χ1n) is 10.2. The number of hydrogen-bond acceptors (Lipinski definition) is 8. The maximum Gasteiger partial charge on any atom is 0.260 e. The van der Waals surface area contributed by atoms with Gasteiger partial charge in [-0.2, -0.15) is 4.52 Å². The van der Waals surface area contributed by atoms with E-state index in [0.717, 1.165) is 34.3 Å². The minimum Gasteiger partial charge on any atom is -0.378 e. The van der Waals surface area contributed by atoms with Gasteiger partial charge in [-0.15, -0.1) is 26.6 Å². The number of aryl methyl sites for hydroxylation is 3. The van der Waals surface area contributed by atoms with Gasteiger partial charge in [0, 0.05) is 18.0 Å². The summed E-state index contributed by atoms with van der Waals surface area (Å²) in [5.74, 6) is 1.82. The third-order valence-electron chi connectivity index (χ3n) is 5.79. The second kappa shape index (κ2) is 7.17. The van der Waals surface area contributed by atoms with Gasteiger partial charge in [-0.3, -0.25) is 4.79 Å². The number of morpholine rings is 1. The lowest BCUT2D eigenvalue weighted by Gasteiger charge is -2.26. The van der Waals surface area contributed by atoms with Crippen LogP contribution in [0.2, 0.25) is 0 Å². The summed E-state index contributed by atoms with van der Waals surface area (Å²) >= 11 is 3.25. The zero-order chi connectivity index (χ0) is 20.2. The Hall–Kier alpha value is -2.24. The van der Waals surface area contributed by atoms with E-state index >= 15 is 0 Å². The van der Waals surface area contributed by atoms with Crippen molar-refractivity contribution in [1.82, 2.24) is 34.1 Å². The molecule has 4 aromatic heterocycles. The Bertz CT molecular complexity index is 1280. The normalized spacial score (nSPS) is 17.3. The van der Waals surface area contributed by atoms with Crippen molar-refractivity contribution in [2.75, 3.05) is 32.1 Å². The Balaban J connectivity index is 1.47. The third kappa shape index (κ3) is 2.83. The second-order valence-corrected chi connectivity index (χ2v) is 9.71. The number of hydrogen-bond donors (Lipinski definition) is 0. The first-order valence-corrected chi connectivity index (χ1v) is 12.0. The van der Waals surface area contributed by atoms with Crippen molar-refractivity contribution in [2.45, 2.75) is 37.8 Å². The van der Waals surface area contributed by atoms with Gasteiger partial charge in [0.1, 0.15) is 10.7 Å². The largest absolute Gasteiger partial charge is 0.378 e. The molecule has 6 rings (SSSR count). The fourth-order valence-corrected chi connectivity index (χ4v) is 6.63. The molecule has 0 spiro atoms. The highest BCUT2D eigenvalue weighted by molar-refractivity contribution is 7.99. The topological polar surface area (TPSA) is 89.9 Å². The number of carbonyl (C=O) groups excluding carboxylic acids is 1. The van der Waals surface area contributed by atoms with Gasteiger partial charge < -0.3 is 9.64 Å². The lowest BCUT2D eigenvalue weighted by molar-refractivity contribution is -0.132. The van der Waals surface area contributed by atoms with Gasteiger partial charge in [-0.25, -0.2) is 9.38 Å². The van der Waals surface area contributed by atoms with Crippen LogP contribution >= 0.6 is 23.1 Å². The number of nitrogens with zero attached hydrogens (tertiary/aromatic N) is 7. The zero-order valence-corrected chi connectivity index (χ0v) is 18.3. The Morgan fingerprint density at radius 3 is 2.90 bits per heavy atom. The summed E-state index contributed by atoms with van der Waals surface area (Å²) in [5, 5.41) is 15.3. The molecule has 156 valence electrons. The number of amides is 1. The first kappa shape index (κ1) is 18.5. The fraction of sp³-hybridized carbons (Fsp3) is 0.526. The molecule has 1 amide bonds. The molecule has 4 aromatic rings. The van der Waals surface area contributed by atoms with Crippen molar-refractivity contribution in [3.8, 4) is 0 Å². The summed E-state index contributed by atoms with van der Waals surface area (Å²) in [5.41, 5.74) is 2.26. The van der Waals surface area contributed by atoms with Gasteiger partial charge in [-0.05, 0) is 38.2 Å². The van der Waals surface area contributed by atoms with Gasteiger partial charge in [0.2, 0.25) is 5.91 Å². The van der Waals surface area contributed by atoms with Crippen molar-refractivity contribution in [3.05, 3.63) is 16.3 Å². The fourth-order valence-electron chi connectivity index (χ4n) is 4.36. The van der Waals surface area contributed by atoms with E-state index in [9.17, 15) is 4.79 Å². The molecular formula is C19H21N7O2S2. The van der Waals surface area contributed by atoms with Crippen molar-refractivity contribution in [2.24, 2.45) is 0 Å². The summed E-state index contributed by atoms with van der Waals surface area (Å²) in [6.07, 6.45) is 4.61. The van der Waals surface area contributed by atoms with Gasteiger partial charge in [-0.1, -0.05) is 11.8 Å². The molecule has 2 aliphatic rings. The number of rotatable bonds is 3. The maximum atomic E-state index is 12.6. The quantitative estimate of drug-likeness (QED) is 0.448. The third-order valence-corrected chi connectivity index (χ3v) is 7.98. The minimum atomic E-state index is 0.111. The molecule has 0 saturated carbocycles. The smallest absolute Gasteiger partial charge is 0.260 e. The van der Waals surface area contributed by atoms with Crippen LogP contribution in [-0.2, 0) is 22.4 Å². The average molecular weight is 444 g/mol. The molecule has 0 bridgehead atoms. The molecule has 1 saturated heterocycles. The zero-order valence-electron chi connectivity index (χ0n) is 16.6. The molecule has 0 unspecified atom stereocenters. The molecule has 5 heterocycles. The number of aromatic nitrogens is 6. The second-order valence-electron chi connectivity index (χ2n) is 7.69. The van der Waals surface area contributed by atoms with Gasteiger partial charge in [0.25, 0.3) is 5.78 Å². The van der Waals surface area contributed by atoms with E-state index in [1.54, 1.807) is 4.52 Å². The first-order chi connectivity index (χ1) is 14.7. The predicted octanol–water partition coefficient (Wildman–Crippen LogP) is 2.12. The summed E-state index contributed by atoms with van der Waals surface area (Å²) in [6, 6.07) is 0. The number of thiophene rings is 1. The summed E-state index contributed by atoms with van der Waals surface area (Å²) < 4.78 is 9.22. The van der Waals surface area contributed by atoms with E-state index in [-0.39, 0.29) is 5.91 Å². The van der Waals surface area contributed by atoms with E-state index in [1.807, 2.05) is 23.2 Å². The van der Waals surface area contributed by atoms with Crippen LogP contribution in [0, 0.1) is 6.92 Å². The summed E-state index contributed by atoms with van der Waals surface area (Å²) in [6.45, 7) is 4.42. The van der Waals surface area contributed by atoms with E-state index in [0.29, 0.717) is 37.8 Å². The number of fused-ring (bicyclic) bond motifs is 8.